The number of hydrogen-bond donors (Lipinski definition) is 0. The Bertz CT molecular complexity index is 3460. The summed E-state index contributed by atoms with van der Waals surface area (Å²) in [6, 6.07) is 55.5. The molecule has 258 valence electrons. The first-order valence-corrected chi connectivity index (χ1v) is 19.2. The number of anilines is 3. The lowest BCUT2D eigenvalue weighted by Gasteiger charge is -2.34. The maximum Gasteiger partial charge on any atom is 0.0714 e. The lowest BCUT2D eigenvalue weighted by atomic mass is 9.67. The van der Waals surface area contributed by atoms with E-state index in [4.69, 9.17) is 5.48 Å². The van der Waals surface area contributed by atoms with Crippen LogP contribution in [0.25, 0.3) is 53.2 Å². The average molecular weight is 725 g/mol. The highest BCUT2D eigenvalue weighted by Crippen LogP contribution is 2.58. The lowest BCUT2D eigenvalue weighted by molar-refractivity contribution is 0.771. The van der Waals surface area contributed by atoms with Crippen LogP contribution < -0.4 is 4.90 Å². The first-order chi connectivity index (χ1) is 30.2. The van der Waals surface area contributed by atoms with Crippen molar-refractivity contribution in [3.63, 3.8) is 0 Å². The summed E-state index contributed by atoms with van der Waals surface area (Å²) in [5, 5.41) is 2.04. The molecule has 1 nitrogen and oxygen atoms in total. The van der Waals surface area contributed by atoms with Crippen LogP contribution in [0.1, 0.15) is 31.8 Å². The van der Waals surface area contributed by atoms with Gasteiger partial charge in [0.2, 0.25) is 0 Å². The predicted molar refractivity (Wildman–Crippen MR) is 234 cm³/mol. The number of thiophene rings is 1. The third-order valence-corrected chi connectivity index (χ3v) is 12.1. The van der Waals surface area contributed by atoms with Crippen molar-refractivity contribution >= 4 is 59.3 Å². The van der Waals surface area contributed by atoms with Gasteiger partial charge in [-0.25, -0.2) is 0 Å². The molecule has 0 N–H and O–H groups in total. The van der Waals surface area contributed by atoms with E-state index in [0.29, 0.717) is 0 Å². The Hall–Kier alpha value is -6.74. The van der Waals surface area contributed by atoms with Crippen LogP contribution in [0.2, 0.25) is 0 Å². The molecule has 0 saturated heterocycles. The molecule has 55 heavy (non-hydrogen) atoms. The molecule has 1 aromatic heterocycles. The van der Waals surface area contributed by atoms with Crippen molar-refractivity contribution in [2.24, 2.45) is 0 Å². The molecule has 0 spiro atoms. The minimum Gasteiger partial charge on any atom is -0.310 e. The van der Waals surface area contributed by atoms with Crippen LogP contribution in [-0.2, 0) is 5.41 Å². The number of fused-ring (bicyclic) bond motifs is 7. The number of para-hydroxylation sites is 2. The van der Waals surface area contributed by atoms with E-state index in [1.807, 2.05) is 72.8 Å². The largest absolute Gasteiger partial charge is 0.310 e. The molecule has 1 unspecified atom stereocenters. The Kier molecular flexibility index (Phi) is 5.84. The molecular weight excluding hydrogens is 683 g/mol. The van der Waals surface area contributed by atoms with Gasteiger partial charge in [-0.3, -0.25) is 0 Å². The van der Waals surface area contributed by atoms with E-state index in [-0.39, 0.29) is 34.5 Å². The van der Waals surface area contributed by atoms with Gasteiger partial charge in [-0.1, -0.05) is 164 Å². The van der Waals surface area contributed by atoms with E-state index < -0.39 is 29.6 Å². The molecule has 2 heteroatoms. The van der Waals surface area contributed by atoms with Crippen LogP contribution in [0.4, 0.5) is 17.1 Å². The maximum atomic E-state index is 10.0. The van der Waals surface area contributed by atoms with E-state index in [1.165, 1.54) is 0 Å². The highest BCUT2D eigenvalue weighted by molar-refractivity contribution is 7.25. The molecule has 1 atom stereocenters. The van der Waals surface area contributed by atoms with E-state index in [0.717, 1.165) is 76.2 Å². The van der Waals surface area contributed by atoms with Gasteiger partial charge in [0.15, 0.2) is 0 Å². The fraction of sp³-hybridized carbons (Fsp3) is 0.0189. The van der Waals surface area contributed by atoms with Crippen molar-refractivity contribution in [2.75, 3.05) is 4.90 Å². The predicted octanol–water partition coefficient (Wildman–Crippen LogP) is 14.7. The first kappa shape index (κ1) is 25.3. The van der Waals surface area contributed by atoms with Gasteiger partial charge in [0, 0.05) is 37.1 Å². The highest BCUT2D eigenvalue weighted by Gasteiger charge is 2.46. The van der Waals surface area contributed by atoms with Crippen molar-refractivity contribution in [1.82, 2.24) is 0 Å². The monoisotopic (exact) mass is 724 g/mol. The molecule has 9 aromatic carbocycles. The van der Waals surface area contributed by atoms with Gasteiger partial charge in [-0.15, -0.1) is 11.3 Å². The normalized spacial score (nSPS) is 16.4. The number of nitrogens with zero attached hydrogens (tertiary/aromatic N) is 1. The first-order valence-electron chi connectivity index (χ1n) is 21.9. The topological polar surface area (TPSA) is 3.24 Å². The van der Waals surface area contributed by atoms with Gasteiger partial charge in [0.25, 0.3) is 0 Å². The standard InChI is InChI=1S/C53H35NS/c1-3-16-37(17-4-1)43-21-10-13-25-50(43)54(41-19-5-2-6-20-41)42-30-32-49-47(35-42)44-22-9-12-24-48(44)53(49,39-28-27-36-15-7-8-18-38(36)33-39)40-29-31-46-45-23-11-14-26-51(45)55-52(46)34-40/h1-35H/i7D,8D,15D,18D,27D,28D,33D. The second-order valence-corrected chi connectivity index (χ2v) is 15.0. The van der Waals surface area contributed by atoms with Gasteiger partial charge in [-0.05, 0) is 98.2 Å². The van der Waals surface area contributed by atoms with E-state index in [2.05, 4.69) is 102 Å². The van der Waals surface area contributed by atoms with E-state index >= 15 is 0 Å². The number of rotatable bonds is 6. The molecule has 1 aliphatic rings. The zero-order valence-corrected chi connectivity index (χ0v) is 30.3. The van der Waals surface area contributed by atoms with Crippen molar-refractivity contribution in [1.29, 1.82) is 0 Å². The summed E-state index contributed by atoms with van der Waals surface area (Å²) in [7, 11) is 0. The van der Waals surface area contributed by atoms with Crippen molar-refractivity contribution in [3.8, 4) is 22.3 Å². The van der Waals surface area contributed by atoms with Gasteiger partial charge < -0.3 is 4.90 Å². The maximum absolute atomic E-state index is 10.0. The number of hydrogen-bond acceptors (Lipinski definition) is 2. The fourth-order valence-corrected chi connectivity index (χ4v) is 9.74. The van der Waals surface area contributed by atoms with Crippen LogP contribution in [-0.4, -0.2) is 0 Å². The quantitative estimate of drug-likeness (QED) is 0.165. The van der Waals surface area contributed by atoms with E-state index in [1.54, 1.807) is 11.3 Å². The van der Waals surface area contributed by atoms with Crippen LogP contribution >= 0.6 is 11.3 Å². The molecule has 0 aliphatic heterocycles. The van der Waals surface area contributed by atoms with Gasteiger partial charge in [-0.2, -0.15) is 0 Å². The van der Waals surface area contributed by atoms with Crippen LogP contribution in [0.3, 0.4) is 0 Å². The molecule has 0 fully saturated rings. The molecule has 11 rings (SSSR count). The van der Waals surface area contributed by atoms with Crippen LogP contribution in [0.5, 0.6) is 0 Å². The third kappa shape index (κ3) is 4.92. The Balaban J connectivity index is 1.26. The number of benzene rings is 9. The molecule has 0 saturated carbocycles. The molecule has 1 aliphatic carbocycles. The Labute approximate surface area is 334 Å². The Morgan fingerprint density at radius 1 is 0.455 bits per heavy atom. The minimum absolute atomic E-state index is 0.0651. The van der Waals surface area contributed by atoms with E-state index in [9.17, 15) is 4.11 Å². The summed E-state index contributed by atoms with van der Waals surface area (Å²) in [5.74, 6) is 0. The summed E-state index contributed by atoms with van der Waals surface area (Å²) >= 11 is 1.68. The molecule has 0 bridgehead atoms. The third-order valence-electron chi connectivity index (χ3n) is 11.0. The lowest BCUT2D eigenvalue weighted by Crippen LogP contribution is -2.28. The molecule has 0 amide bonds. The minimum atomic E-state index is -1.33. The van der Waals surface area contributed by atoms with Crippen molar-refractivity contribution in [3.05, 3.63) is 234 Å². The van der Waals surface area contributed by atoms with Gasteiger partial charge in [0.1, 0.15) is 0 Å². The molecule has 10 aromatic rings. The Morgan fingerprint density at radius 2 is 1.15 bits per heavy atom. The Morgan fingerprint density at radius 3 is 2.02 bits per heavy atom. The summed E-state index contributed by atoms with van der Waals surface area (Å²) in [4.78, 5) is 2.26. The summed E-state index contributed by atoms with van der Waals surface area (Å²) in [6.45, 7) is 0. The molecule has 0 radical (unpaired) electrons. The fourth-order valence-electron chi connectivity index (χ4n) is 8.60. The summed E-state index contributed by atoms with van der Waals surface area (Å²) < 4.78 is 66.5. The van der Waals surface area contributed by atoms with Crippen molar-refractivity contribution in [2.45, 2.75) is 5.41 Å². The zero-order chi connectivity index (χ0) is 42.4. The SMILES string of the molecule is [2H]c1c([2H])c([2H])c2c([2H])c(C3(c4ccc5c(c4)sc4ccccc45)c4ccccc4-c4cc(N(c5ccccc5)c5ccccc5-c5ccccc5)ccc43)c([2H])c([2H])c2c1[2H]. The van der Waals surface area contributed by atoms with Crippen LogP contribution in [0, 0.1) is 0 Å². The van der Waals surface area contributed by atoms with Crippen LogP contribution in [0.15, 0.2) is 212 Å². The molecular formula is C53H35NS. The van der Waals surface area contributed by atoms with Crippen molar-refractivity contribution < 1.29 is 9.60 Å². The summed E-state index contributed by atoms with van der Waals surface area (Å²) in [5.41, 5.74) is 8.11. The van der Waals surface area contributed by atoms with Gasteiger partial charge >= 0.3 is 0 Å². The second kappa shape index (κ2) is 12.7. The smallest absolute Gasteiger partial charge is 0.0714 e. The van der Waals surface area contributed by atoms with Gasteiger partial charge in [0.05, 0.1) is 20.7 Å². The summed E-state index contributed by atoms with van der Waals surface area (Å²) in [6.07, 6.45) is 0. The second-order valence-electron chi connectivity index (χ2n) is 13.9. The zero-order valence-electron chi connectivity index (χ0n) is 36.5. The highest BCUT2D eigenvalue weighted by atomic mass is 32.1. The molecule has 1 heterocycles. The average Bonchev–Trinajstić information content (AvgIpc) is 3.83.